The minimum atomic E-state index is 0.220. The number of halogens is 1. The molecule has 1 saturated heterocycles. The first-order valence-corrected chi connectivity index (χ1v) is 6.29. The molecule has 1 aliphatic heterocycles. The van der Waals surface area contributed by atoms with Crippen LogP contribution in [-0.4, -0.2) is 30.7 Å². The van der Waals surface area contributed by atoms with Crippen molar-refractivity contribution in [1.29, 1.82) is 0 Å². The third-order valence-electron chi connectivity index (χ3n) is 3.51. The lowest BCUT2D eigenvalue weighted by atomic mass is 9.82. The minimum Gasteiger partial charge on any atom is -0.380 e. The molecule has 0 radical (unpaired) electrons. The van der Waals surface area contributed by atoms with E-state index in [1.807, 2.05) is 0 Å². The number of nitrogens with one attached hydrogen (secondary N) is 1. The van der Waals surface area contributed by atoms with Gasteiger partial charge in [0.2, 0.25) is 0 Å². The molecule has 1 unspecified atom stereocenters. The maximum absolute atomic E-state index is 6.11. The number of rotatable bonds is 3. The Morgan fingerprint density at radius 2 is 2.07 bits per heavy atom. The molecule has 1 aliphatic carbocycles. The highest BCUT2D eigenvalue weighted by Crippen LogP contribution is 2.30. The van der Waals surface area contributed by atoms with Crippen LogP contribution in [0.2, 0.25) is 0 Å². The topological polar surface area (TPSA) is 21.3 Å². The molecule has 0 aromatic carbocycles. The quantitative estimate of drug-likeness (QED) is 0.733. The van der Waals surface area contributed by atoms with Crippen molar-refractivity contribution in [3.8, 4) is 0 Å². The molecule has 14 heavy (non-hydrogen) atoms. The van der Waals surface area contributed by atoms with Crippen LogP contribution >= 0.6 is 11.6 Å². The fourth-order valence-corrected chi connectivity index (χ4v) is 2.97. The molecule has 2 aliphatic rings. The summed E-state index contributed by atoms with van der Waals surface area (Å²) in [6, 6.07) is 0.548. The van der Waals surface area contributed by atoms with Crippen LogP contribution < -0.4 is 5.32 Å². The lowest BCUT2D eigenvalue weighted by molar-refractivity contribution is 0.173. The summed E-state index contributed by atoms with van der Waals surface area (Å²) >= 11 is 6.11. The van der Waals surface area contributed by atoms with Gasteiger partial charge in [0.25, 0.3) is 0 Å². The summed E-state index contributed by atoms with van der Waals surface area (Å²) in [5, 5.41) is 3.72. The highest BCUT2D eigenvalue weighted by atomic mass is 35.5. The van der Waals surface area contributed by atoms with E-state index in [9.17, 15) is 0 Å². The van der Waals surface area contributed by atoms with Crippen LogP contribution in [-0.2, 0) is 4.74 Å². The van der Waals surface area contributed by atoms with Gasteiger partial charge in [0.15, 0.2) is 0 Å². The van der Waals surface area contributed by atoms with Crippen LogP contribution in [0, 0.1) is 0 Å². The van der Waals surface area contributed by atoms with Gasteiger partial charge in [-0.15, -0.1) is 11.6 Å². The molecule has 0 amide bonds. The zero-order valence-corrected chi connectivity index (χ0v) is 9.48. The third kappa shape index (κ3) is 2.41. The van der Waals surface area contributed by atoms with Crippen LogP contribution in [0.1, 0.15) is 38.5 Å². The smallest absolute Gasteiger partial charge is 0.0620 e. The minimum absolute atomic E-state index is 0.220. The molecule has 1 saturated carbocycles. The molecule has 0 aromatic rings. The van der Waals surface area contributed by atoms with Crippen molar-refractivity contribution in [1.82, 2.24) is 5.32 Å². The van der Waals surface area contributed by atoms with Crippen molar-refractivity contribution in [3.05, 3.63) is 0 Å². The maximum atomic E-state index is 6.11. The average molecular weight is 218 g/mol. The lowest BCUT2D eigenvalue weighted by Crippen LogP contribution is -2.53. The fourth-order valence-electron chi connectivity index (χ4n) is 2.63. The second-order valence-electron chi connectivity index (χ2n) is 4.68. The first kappa shape index (κ1) is 10.7. The van der Waals surface area contributed by atoms with Crippen LogP contribution in [0.4, 0.5) is 0 Å². The van der Waals surface area contributed by atoms with Gasteiger partial charge in [0, 0.05) is 24.1 Å². The van der Waals surface area contributed by atoms with Gasteiger partial charge in [-0.2, -0.15) is 0 Å². The summed E-state index contributed by atoms with van der Waals surface area (Å²) in [7, 11) is 0. The summed E-state index contributed by atoms with van der Waals surface area (Å²) in [6.07, 6.45) is 7.67. The van der Waals surface area contributed by atoms with Crippen LogP contribution in [0.5, 0.6) is 0 Å². The third-order valence-corrected chi connectivity index (χ3v) is 4.02. The Kier molecular flexibility index (Phi) is 3.69. The molecule has 82 valence electrons. The van der Waals surface area contributed by atoms with E-state index in [2.05, 4.69) is 5.32 Å². The van der Waals surface area contributed by atoms with E-state index >= 15 is 0 Å². The van der Waals surface area contributed by atoms with Gasteiger partial charge in [-0.05, 0) is 19.3 Å². The standard InChI is InChI=1S/C11H20ClNO/c12-9-11(5-2-1-3-6-11)13-10-4-7-14-8-10/h10,13H,1-9H2. The SMILES string of the molecule is ClCC1(NC2CCOC2)CCCCC1. The lowest BCUT2D eigenvalue weighted by Gasteiger charge is -2.38. The molecule has 0 bridgehead atoms. The van der Waals surface area contributed by atoms with Gasteiger partial charge in [-0.3, -0.25) is 0 Å². The predicted octanol–water partition coefficient (Wildman–Crippen LogP) is 2.31. The zero-order valence-electron chi connectivity index (χ0n) is 8.73. The molecular weight excluding hydrogens is 198 g/mol. The van der Waals surface area contributed by atoms with E-state index in [0.717, 1.165) is 25.5 Å². The summed E-state index contributed by atoms with van der Waals surface area (Å²) in [6.45, 7) is 1.79. The van der Waals surface area contributed by atoms with Gasteiger partial charge in [0.1, 0.15) is 0 Å². The van der Waals surface area contributed by atoms with E-state index < -0.39 is 0 Å². The molecule has 1 atom stereocenters. The summed E-state index contributed by atoms with van der Waals surface area (Å²) in [4.78, 5) is 0. The first-order chi connectivity index (χ1) is 6.85. The summed E-state index contributed by atoms with van der Waals surface area (Å²) in [5.74, 6) is 0.753. The summed E-state index contributed by atoms with van der Waals surface area (Å²) < 4.78 is 5.38. The van der Waals surface area contributed by atoms with Crippen LogP contribution in [0.3, 0.4) is 0 Å². The highest BCUT2D eigenvalue weighted by molar-refractivity contribution is 6.18. The molecule has 0 aromatic heterocycles. The largest absolute Gasteiger partial charge is 0.380 e. The van der Waals surface area contributed by atoms with Crippen molar-refractivity contribution in [2.45, 2.75) is 50.1 Å². The van der Waals surface area contributed by atoms with E-state index in [-0.39, 0.29) is 5.54 Å². The van der Waals surface area contributed by atoms with Gasteiger partial charge in [-0.1, -0.05) is 19.3 Å². The highest BCUT2D eigenvalue weighted by Gasteiger charge is 2.33. The number of hydrogen-bond acceptors (Lipinski definition) is 2. The van der Waals surface area contributed by atoms with Crippen molar-refractivity contribution < 1.29 is 4.74 Å². The average Bonchev–Trinajstić information content (AvgIpc) is 2.72. The second-order valence-corrected chi connectivity index (χ2v) is 4.95. The molecule has 2 rings (SSSR count). The van der Waals surface area contributed by atoms with Crippen molar-refractivity contribution >= 4 is 11.6 Å². The van der Waals surface area contributed by atoms with Gasteiger partial charge >= 0.3 is 0 Å². The van der Waals surface area contributed by atoms with Crippen molar-refractivity contribution in [2.24, 2.45) is 0 Å². The molecule has 2 nitrogen and oxygen atoms in total. The Hall–Kier alpha value is 0.210. The van der Waals surface area contributed by atoms with Crippen LogP contribution in [0.15, 0.2) is 0 Å². The summed E-state index contributed by atoms with van der Waals surface area (Å²) in [5.41, 5.74) is 0.220. The van der Waals surface area contributed by atoms with Gasteiger partial charge in [-0.25, -0.2) is 0 Å². The molecule has 2 fully saturated rings. The Morgan fingerprint density at radius 3 is 2.64 bits per heavy atom. The van der Waals surface area contributed by atoms with E-state index in [4.69, 9.17) is 16.3 Å². The van der Waals surface area contributed by atoms with Gasteiger partial charge < -0.3 is 10.1 Å². The normalized spacial score (nSPS) is 31.9. The van der Waals surface area contributed by atoms with Crippen molar-refractivity contribution in [3.63, 3.8) is 0 Å². The predicted molar refractivity (Wildman–Crippen MR) is 58.9 cm³/mol. The molecule has 0 spiro atoms. The molecule has 1 N–H and O–H groups in total. The number of ether oxygens (including phenoxy) is 1. The molecule has 3 heteroatoms. The van der Waals surface area contributed by atoms with E-state index in [1.54, 1.807) is 0 Å². The van der Waals surface area contributed by atoms with E-state index in [0.29, 0.717) is 6.04 Å². The Labute approximate surface area is 91.3 Å². The van der Waals surface area contributed by atoms with Crippen molar-refractivity contribution in [2.75, 3.05) is 19.1 Å². The maximum Gasteiger partial charge on any atom is 0.0620 e. The first-order valence-electron chi connectivity index (χ1n) is 5.76. The van der Waals surface area contributed by atoms with Gasteiger partial charge in [0.05, 0.1) is 6.61 Å². The number of alkyl halides is 1. The number of hydrogen-bond donors (Lipinski definition) is 1. The fraction of sp³-hybridized carbons (Fsp3) is 1.00. The Morgan fingerprint density at radius 1 is 1.29 bits per heavy atom. The Balaban J connectivity index is 1.89. The molecular formula is C11H20ClNO. The monoisotopic (exact) mass is 217 g/mol. The van der Waals surface area contributed by atoms with Crippen LogP contribution in [0.25, 0.3) is 0 Å². The van der Waals surface area contributed by atoms with E-state index in [1.165, 1.54) is 32.1 Å². The second kappa shape index (κ2) is 4.82. The molecule has 1 heterocycles. The zero-order chi connectivity index (χ0) is 9.86. The Bertz CT molecular complexity index is 174.